The molecule has 1 aromatic carbocycles. The van der Waals surface area contributed by atoms with Gasteiger partial charge in [-0.3, -0.25) is 14.7 Å². The van der Waals surface area contributed by atoms with Crippen LogP contribution in [0.2, 0.25) is 5.02 Å². The summed E-state index contributed by atoms with van der Waals surface area (Å²) in [5.74, 6) is 0.578. The Morgan fingerprint density at radius 3 is 3.00 bits per heavy atom. The Morgan fingerprint density at radius 1 is 1.56 bits per heavy atom. The van der Waals surface area contributed by atoms with E-state index >= 15 is 0 Å². The summed E-state index contributed by atoms with van der Waals surface area (Å²) in [5.41, 5.74) is 1.95. The maximum atomic E-state index is 11.5. The Bertz CT molecular complexity index is 499. The normalized spacial score (nSPS) is 14.6. The van der Waals surface area contributed by atoms with Gasteiger partial charge in [-0.25, -0.2) is 0 Å². The van der Waals surface area contributed by atoms with E-state index < -0.39 is 0 Å². The van der Waals surface area contributed by atoms with Gasteiger partial charge in [-0.15, -0.1) is 0 Å². The summed E-state index contributed by atoms with van der Waals surface area (Å²) in [4.78, 5) is 17.4. The lowest BCUT2D eigenvalue weighted by Gasteiger charge is -2.19. The van der Waals surface area contributed by atoms with Crippen LogP contribution in [0.5, 0.6) is 0 Å². The minimum atomic E-state index is -0.0103. The summed E-state index contributed by atoms with van der Waals surface area (Å²) in [5, 5.41) is 3.83. The Hall–Kier alpha value is -1.55. The molecule has 1 heterocycles. The van der Waals surface area contributed by atoms with Crippen LogP contribution in [0.15, 0.2) is 23.2 Å². The molecule has 1 aliphatic rings. The number of benzene rings is 1. The van der Waals surface area contributed by atoms with Crippen LogP contribution < -0.4 is 5.32 Å². The number of anilines is 1. The smallest absolute Gasteiger partial charge is 0.226 e. The maximum absolute atomic E-state index is 11.5. The highest BCUT2D eigenvalue weighted by atomic mass is 35.5. The number of amides is 1. The molecule has 0 radical (unpaired) electrons. The third-order valence-electron chi connectivity index (χ3n) is 2.94. The van der Waals surface area contributed by atoms with Gasteiger partial charge in [-0.1, -0.05) is 30.7 Å². The molecule has 96 valence electrons. The van der Waals surface area contributed by atoms with Gasteiger partial charge < -0.3 is 5.32 Å². The number of carbonyl (C=O) groups excluding carboxylic acids is 1. The fourth-order valence-corrected chi connectivity index (χ4v) is 2.22. The minimum Gasteiger partial charge on any atom is -0.324 e. The van der Waals surface area contributed by atoms with Gasteiger partial charge >= 0.3 is 0 Å². The topological polar surface area (TPSA) is 44.7 Å². The van der Waals surface area contributed by atoms with Gasteiger partial charge in [0, 0.05) is 13.5 Å². The molecule has 1 aromatic rings. The van der Waals surface area contributed by atoms with Gasteiger partial charge in [0.15, 0.2) is 0 Å². The van der Waals surface area contributed by atoms with E-state index in [9.17, 15) is 4.79 Å². The highest BCUT2D eigenvalue weighted by molar-refractivity contribution is 6.34. The van der Waals surface area contributed by atoms with Crippen LogP contribution in [0, 0.1) is 0 Å². The predicted octanol–water partition coefficient (Wildman–Crippen LogP) is 2.53. The van der Waals surface area contributed by atoms with E-state index in [2.05, 4.69) is 17.2 Å². The van der Waals surface area contributed by atoms with E-state index in [-0.39, 0.29) is 5.91 Å². The number of hydrogen-bond donors (Lipinski definition) is 1. The largest absolute Gasteiger partial charge is 0.324 e. The van der Waals surface area contributed by atoms with Crippen molar-refractivity contribution in [1.29, 1.82) is 0 Å². The highest BCUT2D eigenvalue weighted by Gasteiger charge is 2.21. The molecule has 0 unspecified atom stereocenters. The summed E-state index contributed by atoms with van der Waals surface area (Å²) in [7, 11) is 0. The van der Waals surface area contributed by atoms with Crippen molar-refractivity contribution in [2.24, 2.45) is 4.99 Å². The van der Waals surface area contributed by atoms with Gasteiger partial charge in [0.2, 0.25) is 11.9 Å². The molecular weight excluding hydrogens is 250 g/mol. The molecule has 1 amide bonds. The zero-order valence-corrected chi connectivity index (χ0v) is 11.3. The van der Waals surface area contributed by atoms with Crippen molar-refractivity contribution < 1.29 is 4.79 Å². The third kappa shape index (κ3) is 2.48. The number of rotatable bonds is 2. The van der Waals surface area contributed by atoms with Crippen LogP contribution in [0.25, 0.3) is 0 Å². The number of nitrogens with zero attached hydrogens (tertiary/aromatic N) is 2. The monoisotopic (exact) mass is 265 g/mol. The molecule has 0 bridgehead atoms. The molecule has 5 heteroatoms. The van der Waals surface area contributed by atoms with Crippen LogP contribution in [-0.2, 0) is 11.2 Å². The number of aryl methyl sites for hydroxylation is 1. The summed E-state index contributed by atoms with van der Waals surface area (Å²) in [6.07, 6.45) is 0.871. The quantitative estimate of drug-likeness (QED) is 0.893. The van der Waals surface area contributed by atoms with Crippen LogP contribution in [0.1, 0.15) is 19.4 Å². The second-order valence-electron chi connectivity index (χ2n) is 4.13. The summed E-state index contributed by atoms with van der Waals surface area (Å²) in [6, 6.07) is 5.77. The fraction of sp³-hybridized carbons (Fsp3) is 0.385. The Kier molecular flexibility index (Phi) is 3.87. The number of hydrogen-bond acceptors (Lipinski definition) is 3. The number of para-hydroxylation sites is 1. The molecule has 2 rings (SSSR count). The number of guanidine groups is 1. The van der Waals surface area contributed by atoms with Crippen molar-refractivity contribution >= 4 is 29.2 Å². The number of carbonyl (C=O) groups is 1. The van der Waals surface area contributed by atoms with E-state index in [0.29, 0.717) is 24.1 Å². The van der Waals surface area contributed by atoms with Crippen LogP contribution in [0.3, 0.4) is 0 Å². The molecule has 0 saturated heterocycles. The third-order valence-corrected chi connectivity index (χ3v) is 3.25. The molecule has 18 heavy (non-hydrogen) atoms. The van der Waals surface area contributed by atoms with Crippen molar-refractivity contribution in [3.8, 4) is 0 Å². The number of aliphatic imine (C=N–C) groups is 1. The van der Waals surface area contributed by atoms with Gasteiger partial charge in [-0.2, -0.15) is 0 Å². The van der Waals surface area contributed by atoms with Gasteiger partial charge in [-0.05, 0) is 18.1 Å². The second kappa shape index (κ2) is 5.40. The lowest BCUT2D eigenvalue weighted by atomic mass is 10.1. The van der Waals surface area contributed by atoms with Gasteiger partial charge in [0.25, 0.3) is 0 Å². The molecule has 0 fully saturated rings. The van der Waals surface area contributed by atoms with Crippen molar-refractivity contribution in [2.45, 2.75) is 20.3 Å². The van der Waals surface area contributed by atoms with Crippen molar-refractivity contribution in [2.75, 3.05) is 18.4 Å². The fourth-order valence-electron chi connectivity index (χ4n) is 1.98. The molecule has 1 N–H and O–H groups in total. The lowest BCUT2D eigenvalue weighted by molar-refractivity contribution is -0.124. The summed E-state index contributed by atoms with van der Waals surface area (Å²) < 4.78 is 0. The van der Waals surface area contributed by atoms with E-state index in [1.54, 1.807) is 4.90 Å². The Labute approximate surface area is 112 Å². The van der Waals surface area contributed by atoms with Crippen LogP contribution in [-0.4, -0.2) is 29.9 Å². The average molecular weight is 266 g/mol. The van der Waals surface area contributed by atoms with Crippen molar-refractivity contribution in [3.63, 3.8) is 0 Å². The number of halogens is 1. The molecule has 0 aromatic heterocycles. The average Bonchev–Trinajstić information content (AvgIpc) is 2.80. The van der Waals surface area contributed by atoms with E-state index in [4.69, 9.17) is 11.6 Å². The van der Waals surface area contributed by atoms with E-state index in [0.717, 1.165) is 17.7 Å². The Balaban J connectivity index is 2.27. The van der Waals surface area contributed by atoms with Gasteiger partial charge in [0.1, 0.15) is 0 Å². The molecule has 0 aliphatic carbocycles. The first-order chi connectivity index (χ1) is 8.63. The van der Waals surface area contributed by atoms with Crippen LogP contribution >= 0.6 is 11.6 Å². The summed E-state index contributed by atoms with van der Waals surface area (Å²) in [6.45, 7) is 4.86. The van der Waals surface area contributed by atoms with Crippen LogP contribution in [0.4, 0.5) is 5.69 Å². The first-order valence-corrected chi connectivity index (χ1v) is 6.38. The predicted molar refractivity (Wildman–Crippen MR) is 74.1 cm³/mol. The molecule has 1 aliphatic heterocycles. The molecule has 0 spiro atoms. The highest BCUT2D eigenvalue weighted by Crippen LogP contribution is 2.27. The minimum absolute atomic E-state index is 0.0103. The van der Waals surface area contributed by atoms with Crippen molar-refractivity contribution in [1.82, 2.24) is 4.90 Å². The summed E-state index contributed by atoms with van der Waals surface area (Å²) >= 11 is 6.19. The first kappa shape index (κ1) is 12.9. The molecule has 0 atom stereocenters. The lowest BCUT2D eigenvalue weighted by Crippen LogP contribution is -2.37. The standard InChI is InChI=1S/C13H16ClN3O/c1-3-10-5-4-6-11(14)12(10)16-13-15-7-8-17(13)9(2)18/h4-6H,3,7-8H2,1-2H3,(H,15,16). The SMILES string of the molecule is CCc1cccc(Cl)c1NC1=NCCN1C(C)=O. The van der Waals surface area contributed by atoms with E-state index in [1.165, 1.54) is 6.92 Å². The number of nitrogens with one attached hydrogen (secondary N) is 1. The first-order valence-electron chi connectivity index (χ1n) is 6.00. The second-order valence-corrected chi connectivity index (χ2v) is 4.54. The molecular formula is C13H16ClN3O. The van der Waals surface area contributed by atoms with Gasteiger partial charge in [0.05, 0.1) is 17.3 Å². The maximum Gasteiger partial charge on any atom is 0.226 e. The van der Waals surface area contributed by atoms with Crippen molar-refractivity contribution in [3.05, 3.63) is 28.8 Å². The Morgan fingerprint density at radius 2 is 2.33 bits per heavy atom. The molecule has 4 nitrogen and oxygen atoms in total. The molecule has 0 saturated carbocycles. The van der Waals surface area contributed by atoms with E-state index in [1.807, 2.05) is 18.2 Å². The zero-order chi connectivity index (χ0) is 13.1. The zero-order valence-electron chi connectivity index (χ0n) is 10.5.